The van der Waals surface area contributed by atoms with E-state index in [4.69, 9.17) is 0 Å². The SMILES string of the molecule is CCN(CC)c1ccc(C(=C2C=CC(=[N+](CC)CC)C=C2)c2ccc(S(=O)(=O)O)cc2S(=O)(=O)[O-])cc1.N. The van der Waals surface area contributed by atoms with Crippen LogP contribution in [-0.2, 0) is 20.2 Å². The smallest absolute Gasteiger partial charge is 0.294 e. The maximum atomic E-state index is 12.3. The summed E-state index contributed by atoms with van der Waals surface area (Å²) in [5.41, 5.74) is 3.78. The van der Waals surface area contributed by atoms with Gasteiger partial charge in [0.05, 0.1) is 9.79 Å². The monoisotopic (exact) mass is 561 g/mol. The summed E-state index contributed by atoms with van der Waals surface area (Å²) in [6.45, 7) is 11.5. The standard InChI is InChI=1S/C27H32N2O6S2.H3N/c1-5-28(6-2)22-13-9-20(10-14-22)27(21-11-15-23(16-12-21)29(7-3)8-4)25-18-17-24(36(30,31)32)19-26(25)37(33,34)35;/h9-19H,5-8H2,1-4H3,(H-,30,31,32,33,34,35);1H3. The van der Waals surface area contributed by atoms with E-state index in [1.54, 1.807) is 0 Å². The quantitative estimate of drug-likeness (QED) is 0.340. The Morgan fingerprint density at radius 2 is 1.42 bits per heavy atom. The van der Waals surface area contributed by atoms with Crippen LogP contribution in [0.1, 0.15) is 38.8 Å². The Hall–Kier alpha value is -3.09. The fourth-order valence-electron chi connectivity index (χ4n) is 4.41. The lowest BCUT2D eigenvalue weighted by Crippen LogP contribution is -2.21. The number of anilines is 1. The Morgan fingerprint density at radius 3 is 1.87 bits per heavy atom. The van der Waals surface area contributed by atoms with Gasteiger partial charge in [-0.3, -0.25) is 4.55 Å². The number of hydrogen-bond donors (Lipinski definition) is 2. The Morgan fingerprint density at radius 1 is 0.868 bits per heavy atom. The van der Waals surface area contributed by atoms with Crippen LogP contribution >= 0.6 is 0 Å². The van der Waals surface area contributed by atoms with Crippen molar-refractivity contribution in [1.29, 1.82) is 0 Å². The van der Waals surface area contributed by atoms with Crippen molar-refractivity contribution < 1.29 is 30.5 Å². The first-order chi connectivity index (χ1) is 17.4. The highest BCUT2D eigenvalue weighted by Gasteiger charge is 2.22. The minimum absolute atomic E-state index is 0. The van der Waals surface area contributed by atoms with E-state index in [-0.39, 0.29) is 11.7 Å². The van der Waals surface area contributed by atoms with Gasteiger partial charge in [0.1, 0.15) is 23.2 Å². The first-order valence-corrected chi connectivity index (χ1v) is 14.9. The lowest BCUT2D eigenvalue weighted by Gasteiger charge is -2.23. The van der Waals surface area contributed by atoms with Gasteiger partial charge in [0.25, 0.3) is 10.1 Å². The van der Waals surface area contributed by atoms with Gasteiger partial charge >= 0.3 is 0 Å². The van der Waals surface area contributed by atoms with Crippen LogP contribution in [0.25, 0.3) is 5.57 Å². The maximum absolute atomic E-state index is 12.3. The molecule has 9 nitrogen and oxygen atoms in total. The zero-order chi connectivity index (χ0) is 27.4. The molecular weight excluding hydrogens is 526 g/mol. The zero-order valence-electron chi connectivity index (χ0n) is 22.1. The molecule has 0 amide bonds. The lowest BCUT2D eigenvalue weighted by molar-refractivity contribution is -0.519. The molecule has 1 aliphatic carbocycles. The van der Waals surface area contributed by atoms with Crippen LogP contribution in [0.3, 0.4) is 0 Å². The summed E-state index contributed by atoms with van der Waals surface area (Å²) in [7, 11) is -9.82. The Kier molecular flexibility index (Phi) is 10.4. The fourth-order valence-corrected chi connectivity index (χ4v) is 5.70. The molecule has 0 saturated heterocycles. The predicted octanol–water partition coefficient (Wildman–Crippen LogP) is 4.27. The van der Waals surface area contributed by atoms with Gasteiger partial charge in [0, 0.05) is 36.5 Å². The number of hydrogen-bond acceptors (Lipinski definition) is 7. The van der Waals surface area contributed by atoms with Crippen LogP contribution < -0.4 is 11.1 Å². The molecule has 0 unspecified atom stereocenters. The third-order valence-corrected chi connectivity index (χ3v) is 8.08. The molecule has 0 bridgehead atoms. The zero-order valence-corrected chi connectivity index (χ0v) is 23.7. The molecule has 0 aliphatic heterocycles. The van der Waals surface area contributed by atoms with Crippen LogP contribution in [0.4, 0.5) is 5.69 Å². The molecule has 4 N–H and O–H groups in total. The molecule has 0 aromatic heterocycles. The predicted molar refractivity (Wildman–Crippen MR) is 150 cm³/mol. The van der Waals surface area contributed by atoms with Crippen molar-refractivity contribution in [3.05, 3.63) is 83.5 Å². The van der Waals surface area contributed by atoms with Crippen LogP contribution in [0.5, 0.6) is 0 Å². The Bertz CT molecular complexity index is 1480. The lowest BCUT2D eigenvalue weighted by atomic mass is 9.90. The van der Waals surface area contributed by atoms with Gasteiger partial charge < -0.3 is 15.6 Å². The second kappa shape index (κ2) is 12.6. The molecule has 2 aromatic carbocycles. The molecule has 0 atom stereocenters. The summed E-state index contributed by atoms with van der Waals surface area (Å²) in [4.78, 5) is 0.772. The maximum Gasteiger partial charge on any atom is 0.294 e. The highest BCUT2D eigenvalue weighted by atomic mass is 32.2. The average Bonchev–Trinajstić information content (AvgIpc) is 2.86. The molecule has 0 radical (unpaired) electrons. The van der Waals surface area contributed by atoms with E-state index in [9.17, 15) is 25.9 Å². The number of allylic oxidation sites excluding steroid dienone is 5. The van der Waals surface area contributed by atoms with Crippen LogP contribution in [-0.4, -0.2) is 62.4 Å². The minimum atomic E-state index is -5.10. The molecule has 11 heteroatoms. The molecule has 0 fully saturated rings. The Labute approximate surface area is 225 Å². The molecule has 206 valence electrons. The van der Waals surface area contributed by atoms with Crippen LogP contribution in [0.15, 0.2) is 82.1 Å². The summed E-state index contributed by atoms with van der Waals surface area (Å²) in [6.07, 6.45) is 7.54. The largest absolute Gasteiger partial charge is 0.744 e. The third-order valence-electron chi connectivity index (χ3n) is 6.36. The highest BCUT2D eigenvalue weighted by molar-refractivity contribution is 7.86. The van der Waals surface area contributed by atoms with Crippen molar-refractivity contribution in [3.63, 3.8) is 0 Å². The second-order valence-electron chi connectivity index (χ2n) is 8.40. The molecule has 0 saturated carbocycles. The molecule has 3 rings (SSSR count). The van der Waals surface area contributed by atoms with Crippen molar-refractivity contribution in [2.24, 2.45) is 0 Å². The molecule has 0 spiro atoms. The van der Waals surface area contributed by atoms with Crippen LogP contribution in [0.2, 0.25) is 0 Å². The van der Waals surface area contributed by atoms with E-state index >= 15 is 0 Å². The molecular formula is C27H35N3O6S2. The minimum Gasteiger partial charge on any atom is -0.744 e. The second-order valence-corrected chi connectivity index (χ2v) is 11.2. The van der Waals surface area contributed by atoms with Crippen molar-refractivity contribution in [3.8, 4) is 0 Å². The number of nitrogens with zero attached hydrogens (tertiary/aromatic N) is 2. The van der Waals surface area contributed by atoms with E-state index in [0.29, 0.717) is 22.8 Å². The average molecular weight is 562 g/mol. The van der Waals surface area contributed by atoms with Gasteiger partial charge in [-0.2, -0.15) is 8.42 Å². The van der Waals surface area contributed by atoms with Gasteiger partial charge in [0.15, 0.2) is 5.71 Å². The van der Waals surface area contributed by atoms with Crippen molar-refractivity contribution in [2.75, 3.05) is 31.1 Å². The third kappa shape index (κ3) is 6.86. The van der Waals surface area contributed by atoms with E-state index in [1.807, 2.05) is 48.6 Å². The van der Waals surface area contributed by atoms with Gasteiger partial charge in [0.2, 0.25) is 0 Å². The summed E-state index contributed by atoms with van der Waals surface area (Å²) in [5, 5.41) is 0. The van der Waals surface area contributed by atoms with Crippen molar-refractivity contribution in [2.45, 2.75) is 37.5 Å². The molecule has 1 aliphatic rings. The van der Waals surface area contributed by atoms with E-state index < -0.39 is 30.0 Å². The normalized spacial score (nSPS) is 13.3. The molecule has 2 aromatic rings. The van der Waals surface area contributed by atoms with Crippen LogP contribution in [0, 0.1) is 0 Å². The van der Waals surface area contributed by atoms with Gasteiger partial charge in [-0.1, -0.05) is 18.2 Å². The topological polar surface area (TPSA) is 153 Å². The van der Waals surface area contributed by atoms with Gasteiger partial charge in [-0.15, -0.1) is 0 Å². The molecule has 38 heavy (non-hydrogen) atoms. The van der Waals surface area contributed by atoms with Crippen molar-refractivity contribution >= 4 is 37.2 Å². The van der Waals surface area contributed by atoms with E-state index in [0.717, 1.165) is 43.6 Å². The van der Waals surface area contributed by atoms with E-state index in [2.05, 4.69) is 37.2 Å². The number of benzene rings is 2. The van der Waals surface area contributed by atoms with E-state index in [1.165, 1.54) is 6.07 Å². The first-order valence-electron chi connectivity index (χ1n) is 12.1. The first kappa shape index (κ1) is 31.1. The highest BCUT2D eigenvalue weighted by Crippen LogP contribution is 2.35. The summed E-state index contributed by atoms with van der Waals surface area (Å²) >= 11 is 0. The summed E-state index contributed by atoms with van der Waals surface area (Å²) < 4.78 is 71.9. The number of rotatable bonds is 9. The van der Waals surface area contributed by atoms with Gasteiger partial charge in [-0.25, -0.2) is 13.0 Å². The van der Waals surface area contributed by atoms with Gasteiger partial charge in [-0.05, 0) is 80.8 Å². The Balaban J connectivity index is 0.00000507. The van der Waals surface area contributed by atoms with Crippen molar-refractivity contribution in [1.82, 2.24) is 6.15 Å². The summed E-state index contributed by atoms with van der Waals surface area (Å²) in [5.74, 6) is 0. The molecule has 0 heterocycles. The fraction of sp³-hybridized carbons (Fsp3) is 0.296. The summed E-state index contributed by atoms with van der Waals surface area (Å²) in [6, 6.07) is 10.6.